The van der Waals surface area contributed by atoms with Crippen molar-refractivity contribution in [1.29, 1.82) is 0 Å². The maximum absolute atomic E-state index is 13.9. The van der Waals surface area contributed by atoms with Crippen LogP contribution in [0.15, 0.2) is 60.7 Å². The lowest BCUT2D eigenvalue weighted by Gasteiger charge is -2.36. The van der Waals surface area contributed by atoms with Crippen LogP contribution in [0.1, 0.15) is 31.7 Å². The average Bonchev–Trinajstić information content (AvgIpc) is 3.52. The van der Waals surface area contributed by atoms with Gasteiger partial charge in [0.1, 0.15) is 11.6 Å². The summed E-state index contributed by atoms with van der Waals surface area (Å²) in [4.78, 5) is 42.4. The molecule has 3 N–H and O–H groups in total. The first-order chi connectivity index (χ1) is 17.0. The summed E-state index contributed by atoms with van der Waals surface area (Å²) >= 11 is 0. The number of fused-ring (bicyclic) bond motifs is 1. The van der Waals surface area contributed by atoms with E-state index in [1.54, 1.807) is 12.1 Å². The van der Waals surface area contributed by atoms with Crippen LogP contribution >= 0.6 is 0 Å². The topological polar surface area (TPSA) is 108 Å². The van der Waals surface area contributed by atoms with E-state index in [0.29, 0.717) is 31.5 Å². The number of amides is 3. The van der Waals surface area contributed by atoms with Crippen LogP contribution in [0, 0.1) is 11.8 Å². The number of para-hydroxylation sites is 1. The second-order valence-electron chi connectivity index (χ2n) is 9.60. The molecule has 1 spiro atoms. The summed E-state index contributed by atoms with van der Waals surface area (Å²) < 4.78 is 6.42. The highest BCUT2D eigenvalue weighted by Crippen LogP contribution is 2.59. The second-order valence-corrected chi connectivity index (χ2v) is 9.60. The molecular weight excluding hydrogens is 446 g/mol. The van der Waals surface area contributed by atoms with Crippen molar-refractivity contribution >= 4 is 23.4 Å². The van der Waals surface area contributed by atoms with Gasteiger partial charge in [0.15, 0.2) is 0 Å². The van der Waals surface area contributed by atoms with Gasteiger partial charge >= 0.3 is 0 Å². The van der Waals surface area contributed by atoms with Gasteiger partial charge in [-0.3, -0.25) is 14.4 Å². The fourth-order valence-electron chi connectivity index (χ4n) is 6.13. The molecule has 3 fully saturated rings. The van der Waals surface area contributed by atoms with E-state index < -0.39 is 35.6 Å². The van der Waals surface area contributed by atoms with E-state index in [1.807, 2.05) is 55.5 Å². The molecule has 8 nitrogen and oxygen atoms in total. The highest BCUT2D eigenvalue weighted by Gasteiger charge is 2.74. The Kier molecular flexibility index (Phi) is 6.34. The molecule has 2 aromatic carbocycles. The molecule has 2 aromatic rings. The Hall–Kier alpha value is -3.23. The lowest BCUT2D eigenvalue weighted by atomic mass is 9.70. The van der Waals surface area contributed by atoms with Gasteiger partial charge in [-0.15, -0.1) is 0 Å². The Morgan fingerprint density at radius 1 is 1.11 bits per heavy atom. The Labute approximate surface area is 204 Å². The maximum Gasteiger partial charge on any atom is 0.246 e. The Balaban J connectivity index is 1.45. The van der Waals surface area contributed by atoms with Crippen LogP contribution in [-0.2, 0) is 25.7 Å². The van der Waals surface area contributed by atoms with E-state index >= 15 is 0 Å². The molecule has 2 unspecified atom stereocenters. The summed E-state index contributed by atoms with van der Waals surface area (Å²) in [5, 5.41) is 16.0. The van der Waals surface area contributed by atoms with Crippen molar-refractivity contribution in [1.82, 2.24) is 10.2 Å². The van der Waals surface area contributed by atoms with Gasteiger partial charge in [0.2, 0.25) is 17.7 Å². The summed E-state index contributed by atoms with van der Waals surface area (Å²) in [7, 11) is 0. The van der Waals surface area contributed by atoms with Crippen LogP contribution in [0.3, 0.4) is 0 Å². The number of hydrogen-bond acceptors (Lipinski definition) is 5. The SMILES string of the molecule is CC[C@@H](CO)N1C(=O)[C@@H]2[C@@H](C(=O)Nc3ccccc3)[C@H]3CCC2(O3)C1C(=O)NCc1ccccc1. The van der Waals surface area contributed by atoms with Gasteiger partial charge in [-0.25, -0.2) is 0 Å². The van der Waals surface area contributed by atoms with Crippen LogP contribution in [0.5, 0.6) is 0 Å². The normalized spacial score (nSPS) is 29.7. The number of likely N-dealkylation sites (tertiary alicyclic amines) is 1. The Morgan fingerprint density at radius 2 is 1.80 bits per heavy atom. The number of nitrogens with one attached hydrogen (secondary N) is 2. The molecule has 5 rings (SSSR count). The van der Waals surface area contributed by atoms with Gasteiger partial charge in [-0.05, 0) is 37.0 Å². The molecule has 35 heavy (non-hydrogen) atoms. The lowest BCUT2D eigenvalue weighted by Crippen LogP contribution is -2.57. The summed E-state index contributed by atoms with van der Waals surface area (Å²) in [6.07, 6.45) is 1.18. The van der Waals surface area contributed by atoms with Crippen molar-refractivity contribution in [2.24, 2.45) is 11.8 Å². The third-order valence-corrected chi connectivity index (χ3v) is 7.72. The molecule has 3 aliphatic rings. The summed E-state index contributed by atoms with van der Waals surface area (Å²) in [5.41, 5.74) is 0.511. The molecule has 3 heterocycles. The van der Waals surface area contributed by atoms with E-state index in [-0.39, 0.29) is 24.3 Å². The van der Waals surface area contributed by atoms with Crippen LogP contribution in [0.25, 0.3) is 0 Å². The molecule has 0 radical (unpaired) electrons. The fourth-order valence-corrected chi connectivity index (χ4v) is 6.13. The minimum Gasteiger partial charge on any atom is -0.394 e. The van der Waals surface area contributed by atoms with E-state index in [4.69, 9.17) is 4.74 Å². The van der Waals surface area contributed by atoms with Crippen LogP contribution in [0.4, 0.5) is 5.69 Å². The number of hydrogen-bond donors (Lipinski definition) is 3. The zero-order valence-corrected chi connectivity index (χ0v) is 19.7. The molecule has 0 aliphatic carbocycles. The van der Waals surface area contributed by atoms with Crippen LogP contribution < -0.4 is 10.6 Å². The zero-order chi connectivity index (χ0) is 24.6. The van der Waals surface area contributed by atoms with Gasteiger partial charge < -0.3 is 25.4 Å². The number of rotatable bonds is 8. The van der Waals surface area contributed by atoms with Gasteiger partial charge in [0.05, 0.1) is 30.6 Å². The predicted molar refractivity (Wildman–Crippen MR) is 129 cm³/mol. The Bertz CT molecular complexity index is 1090. The molecule has 2 bridgehead atoms. The lowest BCUT2D eigenvalue weighted by molar-refractivity contribution is -0.145. The standard InChI is InChI=1S/C27H31N3O5/c1-2-19(16-31)30-23(25(33)28-15-17-9-5-3-6-10-17)27-14-13-20(35-27)21(22(27)26(30)34)24(32)29-18-11-7-4-8-12-18/h3-12,19-23,31H,2,13-16H2,1H3,(H,28,33)(H,29,32)/t19-,20+,21-,22-,23?,27?/m0/s1. The van der Waals surface area contributed by atoms with Crippen molar-refractivity contribution < 1.29 is 24.2 Å². The highest BCUT2D eigenvalue weighted by molar-refractivity contribution is 6.02. The predicted octanol–water partition coefficient (Wildman–Crippen LogP) is 2.09. The number of carbonyl (C=O) groups is 3. The molecule has 3 aliphatic heterocycles. The molecular formula is C27H31N3O5. The molecule has 8 heteroatoms. The first kappa shape index (κ1) is 23.5. The third-order valence-electron chi connectivity index (χ3n) is 7.72. The van der Waals surface area contributed by atoms with E-state index in [2.05, 4.69) is 10.6 Å². The second kappa shape index (κ2) is 9.43. The number of anilines is 1. The zero-order valence-electron chi connectivity index (χ0n) is 19.7. The maximum atomic E-state index is 13.9. The molecule has 3 amide bonds. The summed E-state index contributed by atoms with van der Waals surface area (Å²) in [6.45, 7) is 1.92. The quantitative estimate of drug-likeness (QED) is 0.540. The van der Waals surface area contributed by atoms with E-state index in [0.717, 1.165) is 5.56 Å². The smallest absolute Gasteiger partial charge is 0.246 e. The van der Waals surface area contributed by atoms with Crippen molar-refractivity contribution in [3.63, 3.8) is 0 Å². The van der Waals surface area contributed by atoms with Gasteiger partial charge in [0, 0.05) is 12.2 Å². The molecule has 0 saturated carbocycles. The van der Waals surface area contributed by atoms with Gasteiger partial charge in [-0.1, -0.05) is 55.5 Å². The number of aliphatic hydroxyl groups is 1. The minimum atomic E-state index is -1.08. The van der Waals surface area contributed by atoms with Gasteiger partial charge in [0.25, 0.3) is 0 Å². The monoisotopic (exact) mass is 477 g/mol. The number of aliphatic hydroxyl groups excluding tert-OH is 1. The Morgan fingerprint density at radius 3 is 2.46 bits per heavy atom. The molecule has 6 atom stereocenters. The molecule has 184 valence electrons. The summed E-state index contributed by atoms with van der Waals surface area (Å²) in [5.74, 6) is -2.34. The van der Waals surface area contributed by atoms with Crippen LogP contribution in [-0.4, -0.2) is 58.1 Å². The molecule has 3 saturated heterocycles. The van der Waals surface area contributed by atoms with Crippen LogP contribution in [0.2, 0.25) is 0 Å². The summed E-state index contributed by atoms with van der Waals surface area (Å²) in [6, 6.07) is 17.2. The highest BCUT2D eigenvalue weighted by atomic mass is 16.5. The number of ether oxygens (including phenoxy) is 1. The third kappa shape index (κ3) is 3.90. The number of carbonyl (C=O) groups excluding carboxylic acids is 3. The van der Waals surface area contributed by atoms with Gasteiger partial charge in [-0.2, -0.15) is 0 Å². The van der Waals surface area contributed by atoms with Crippen molar-refractivity contribution in [3.8, 4) is 0 Å². The van der Waals surface area contributed by atoms with E-state index in [1.165, 1.54) is 4.90 Å². The van der Waals surface area contributed by atoms with Crippen molar-refractivity contribution in [3.05, 3.63) is 66.2 Å². The van der Waals surface area contributed by atoms with Crippen molar-refractivity contribution in [2.75, 3.05) is 11.9 Å². The first-order valence-corrected chi connectivity index (χ1v) is 12.3. The van der Waals surface area contributed by atoms with E-state index in [9.17, 15) is 19.5 Å². The average molecular weight is 478 g/mol. The minimum absolute atomic E-state index is 0.266. The number of benzene rings is 2. The molecule has 0 aromatic heterocycles. The largest absolute Gasteiger partial charge is 0.394 e. The first-order valence-electron chi connectivity index (χ1n) is 12.3. The van der Waals surface area contributed by atoms with Crippen molar-refractivity contribution in [2.45, 2.75) is 56.5 Å². The fraction of sp³-hybridized carbons (Fsp3) is 0.444. The number of nitrogens with zero attached hydrogens (tertiary/aromatic N) is 1.